The predicted octanol–water partition coefficient (Wildman–Crippen LogP) is 3.55. The molecular formula is C21H30IN3O3. The summed E-state index contributed by atoms with van der Waals surface area (Å²) in [7, 11) is 3.26. The molecule has 154 valence electrons. The lowest BCUT2D eigenvalue weighted by atomic mass is 10.1. The van der Waals surface area contributed by atoms with Crippen LogP contribution in [-0.2, 0) is 6.42 Å². The van der Waals surface area contributed by atoms with Gasteiger partial charge in [0.25, 0.3) is 0 Å². The van der Waals surface area contributed by atoms with E-state index in [9.17, 15) is 0 Å². The molecule has 0 aliphatic heterocycles. The maximum Gasteiger partial charge on any atom is 0.188 e. The molecule has 0 atom stereocenters. The lowest BCUT2D eigenvalue weighted by Crippen LogP contribution is -2.33. The summed E-state index contributed by atoms with van der Waals surface area (Å²) in [5.41, 5.74) is 8.26. The molecule has 28 heavy (non-hydrogen) atoms. The van der Waals surface area contributed by atoms with Crippen molar-refractivity contribution in [1.82, 2.24) is 5.32 Å². The van der Waals surface area contributed by atoms with Crippen molar-refractivity contribution >= 4 is 29.9 Å². The van der Waals surface area contributed by atoms with E-state index in [-0.39, 0.29) is 24.0 Å². The number of nitrogens with zero attached hydrogens (tertiary/aromatic N) is 1. The minimum Gasteiger partial charge on any atom is -0.494 e. The second-order valence-corrected chi connectivity index (χ2v) is 6.15. The Hall–Kier alpha value is -2.16. The summed E-state index contributed by atoms with van der Waals surface area (Å²) in [5.74, 6) is 2.78. The Morgan fingerprint density at radius 1 is 1.04 bits per heavy atom. The number of rotatable bonds is 10. The van der Waals surface area contributed by atoms with Gasteiger partial charge in [0.15, 0.2) is 17.5 Å². The van der Waals surface area contributed by atoms with E-state index in [0.29, 0.717) is 25.7 Å². The Balaban J connectivity index is 0.00000392. The molecule has 0 bridgehead atoms. The van der Waals surface area contributed by atoms with Gasteiger partial charge in [-0.05, 0) is 43.2 Å². The predicted molar refractivity (Wildman–Crippen MR) is 124 cm³/mol. The molecule has 0 radical (unpaired) electrons. The maximum atomic E-state index is 5.90. The van der Waals surface area contributed by atoms with Gasteiger partial charge < -0.3 is 25.3 Å². The van der Waals surface area contributed by atoms with Crippen molar-refractivity contribution in [2.24, 2.45) is 10.7 Å². The summed E-state index contributed by atoms with van der Waals surface area (Å²) < 4.78 is 16.2. The first-order valence-electron chi connectivity index (χ1n) is 9.06. The summed E-state index contributed by atoms with van der Waals surface area (Å²) >= 11 is 0. The smallest absolute Gasteiger partial charge is 0.188 e. The van der Waals surface area contributed by atoms with Crippen molar-refractivity contribution in [3.63, 3.8) is 0 Å². The zero-order valence-corrected chi connectivity index (χ0v) is 19.1. The minimum atomic E-state index is 0. The zero-order chi connectivity index (χ0) is 19.5. The number of nitrogens with one attached hydrogen (secondary N) is 1. The highest BCUT2D eigenvalue weighted by molar-refractivity contribution is 14.0. The lowest BCUT2D eigenvalue weighted by molar-refractivity contribution is 0.313. The molecule has 2 aromatic rings. The molecule has 3 N–H and O–H groups in total. The molecule has 0 fully saturated rings. The molecule has 7 heteroatoms. The second kappa shape index (κ2) is 13.1. The molecule has 0 aliphatic rings. The van der Waals surface area contributed by atoms with Crippen LogP contribution in [0.4, 0.5) is 0 Å². The van der Waals surface area contributed by atoms with E-state index in [2.05, 4.69) is 17.2 Å². The molecule has 6 nitrogen and oxygen atoms in total. The fourth-order valence-corrected chi connectivity index (χ4v) is 2.52. The molecule has 0 saturated carbocycles. The number of aryl methyl sites for hydroxylation is 1. The van der Waals surface area contributed by atoms with Crippen molar-refractivity contribution < 1.29 is 14.2 Å². The number of ether oxygens (including phenoxy) is 3. The molecule has 0 saturated heterocycles. The van der Waals surface area contributed by atoms with E-state index in [1.807, 2.05) is 42.5 Å². The van der Waals surface area contributed by atoms with Gasteiger partial charge in [-0.3, -0.25) is 4.99 Å². The highest BCUT2D eigenvalue weighted by Gasteiger charge is 2.04. The van der Waals surface area contributed by atoms with Crippen molar-refractivity contribution in [1.29, 1.82) is 0 Å². The van der Waals surface area contributed by atoms with Gasteiger partial charge in [-0.1, -0.05) is 23.8 Å². The Morgan fingerprint density at radius 2 is 1.75 bits per heavy atom. The van der Waals surface area contributed by atoms with Gasteiger partial charge in [-0.25, -0.2) is 0 Å². The number of hydrogen-bond donors (Lipinski definition) is 2. The molecule has 2 aromatic carbocycles. The monoisotopic (exact) mass is 499 g/mol. The molecule has 0 unspecified atom stereocenters. The summed E-state index contributed by atoms with van der Waals surface area (Å²) in [6.07, 6.45) is 1.62. The van der Waals surface area contributed by atoms with Crippen LogP contribution in [0.1, 0.15) is 17.5 Å². The van der Waals surface area contributed by atoms with E-state index >= 15 is 0 Å². The van der Waals surface area contributed by atoms with Crippen molar-refractivity contribution in [3.8, 4) is 17.2 Å². The number of guanidine groups is 1. The van der Waals surface area contributed by atoms with Crippen molar-refractivity contribution in [3.05, 3.63) is 53.6 Å². The van der Waals surface area contributed by atoms with Crippen LogP contribution in [0.15, 0.2) is 47.5 Å². The van der Waals surface area contributed by atoms with Crippen LogP contribution in [0.25, 0.3) is 0 Å². The molecule has 0 heterocycles. The van der Waals surface area contributed by atoms with E-state index < -0.39 is 0 Å². The van der Waals surface area contributed by atoms with Crippen LogP contribution < -0.4 is 25.3 Å². The third-order valence-electron chi connectivity index (χ3n) is 4.04. The first-order chi connectivity index (χ1) is 13.1. The quantitative estimate of drug-likeness (QED) is 0.226. The number of methoxy groups -OCH3 is 2. The maximum absolute atomic E-state index is 5.90. The van der Waals surface area contributed by atoms with E-state index in [0.717, 1.165) is 35.7 Å². The van der Waals surface area contributed by atoms with Gasteiger partial charge in [0.2, 0.25) is 0 Å². The first-order valence-corrected chi connectivity index (χ1v) is 9.06. The topological polar surface area (TPSA) is 78.1 Å². The van der Waals surface area contributed by atoms with Crippen LogP contribution in [0.3, 0.4) is 0 Å². The van der Waals surface area contributed by atoms with Crippen LogP contribution in [-0.4, -0.2) is 39.9 Å². The van der Waals surface area contributed by atoms with Crippen molar-refractivity contribution in [2.45, 2.75) is 19.8 Å². The normalized spacial score (nSPS) is 10.8. The van der Waals surface area contributed by atoms with Crippen molar-refractivity contribution in [2.75, 3.05) is 33.9 Å². The van der Waals surface area contributed by atoms with Crippen LogP contribution >= 0.6 is 24.0 Å². The molecular weight excluding hydrogens is 469 g/mol. The third kappa shape index (κ3) is 8.24. The average molecular weight is 499 g/mol. The zero-order valence-electron chi connectivity index (χ0n) is 16.7. The molecule has 2 rings (SSSR count). The summed E-state index contributed by atoms with van der Waals surface area (Å²) in [6, 6.07) is 13.9. The van der Waals surface area contributed by atoms with E-state index in [4.69, 9.17) is 19.9 Å². The highest BCUT2D eigenvalue weighted by Crippen LogP contribution is 2.27. The number of hydrogen-bond acceptors (Lipinski definition) is 4. The highest BCUT2D eigenvalue weighted by atomic mass is 127. The summed E-state index contributed by atoms with van der Waals surface area (Å²) in [5, 5.41) is 3.13. The van der Waals surface area contributed by atoms with Crippen LogP contribution in [0.2, 0.25) is 0 Å². The Bertz CT molecular complexity index is 736. The van der Waals surface area contributed by atoms with Gasteiger partial charge in [-0.2, -0.15) is 0 Å². The fraction of sp³-hybridized carbons (Fsp3) is 0.381. The molecule has 0 amide bonds. The van der Waals surface area contributed by atoms with Gasteiger partial charge in [0, 0.05) is 19.5 Å². The van der Waals surface area contributed by atoms with Gasteiger partial charge in [0.05, 0.1) is 20.8 Å². The largest absolute Gasteiger partial charge is 0.494 e. The fourth-order valence-electron chi connectivity index (χ4n) is 2.52. The van der Waals surface area contributed by atoms with Gasteiger partial charge >= 0.3 is 0 Å². The van der Waals surface area contributed by atoms with E-state index in [1.54, 1.807) is 14.2 Å². The standard InChI is InChI=1S/C21H29N3O3.HI/c1-16-5-8-18(9-6-16)27-14-4-12-23-21(22)24-13-11-17-7-10-19(25-2)20(15-17)26-3;/h5-10,15H,4,11-14H2,1-3H3,(H3,22,23,24);1H. The van der Waals surface area contributed by atoms with Crippen LogP contribution in [0.5, 0.6) is 17.2 Å². The number of benzene rings is 2. The average Bonchev–Trinajstić information content (AvgIpc) is 2.69. The Labute approximate surface area is 184 Å². The minimum absolute atomic E-state index is 0. The van der Waals surface area contributed by atoms with E-state index in [1.165, 1.54) is 5.56 Å². The second-order valence-electron chi connectivity index (χ2n) is 6.15. The van der Waals surface area contributed by atoms with Gasteiger partial charge in [0.1, 0.15) is 5.75 Å². The molecule has 0 aliphatic carbocycles. The summed E-state index contributed by atoms with van der Waals surface area (Å²) in [6.45, 7) is 4.00. The Morgan fingerprint density at radius 3 is 2.43 bits per heavy atom. The van der Waals surface area contributed by atoms with Gasteiger partial charge in [-0.15, -0.1) is 24.0 Å². The number of nitrogens with two attached hydrogens (primary N) is 1. The number of aliphatic imine (C=N–C) groups is 1. The molecule has 0 spiro atoms. The summed E-state index contributed by atoms with van der Waals surface area (Å²) in [4.78, 5) is 4.32. The SMILES string of the molecule is COc1ccc(CCNC(N)=NCCCOc2ccc(C)cc2)cc1OC.I. The lowest BCUT2D eigenvalue weighted by Gasteiger charge is -2.10. The third-order valence-corrected chi connectivity index (χ3v) is 4.04. The molecule has 0 aromatic heterocycles. The first kappa shape index (κ1) is 23.9. The van der Waals surface area contributed by atoms with Crippen LogP contribution in [0, 0.1) is 6.92 Å². The Kier molecular flexibility index (Phi) is 11.2. The number of halogens is 1.